The predicted octanol–water partition coefficient (Wildman–Crippen LogP) is 5.35. The van der Waals surface area contributed by atoms with E-state index in [1.54, 1.807) is 4.90 Å². The van der Waals surface area contributed by atoms with Gasteiger partial charge in [0, 0.05) is 4.43 Å². The van der Waals surface area contributed by atoms with Crippen molar-refractivity contribution in [1.82, 2.24) is 4.90 Å². The van der Waals surface area contributed by atoms with Crippen LogP contribution >= 0.6 is 22.6 Å². The Labute approximate surface area is 171 Å². The van der Waals surface area contributed by atoms with Crippen molar-refractivity contribution in [2.45, 2.75) is 70.9 Å². The summed E-state index contributed by atoms with van der Waals surface area (Å²) < 4.78 is 12.9. The molecule has 1 aromatic carbocycles. The molecule has 0 spiro atoms. The lowest BCUT2D eigenvalue weighted by atomic mass is 9.96. The number of benzene rings is 1. The zero-order chi connectivity index (χ0) is 19.5. The van der Waals surface area contributed by atoms with E-state index in [4.69, 9.17) is 9.47 Å². The van der Waals surface area contributed by atoms with Gasteiger partial charge in [-0.2, -0.15) is 0 Å². The summed E-state index contributed by atoms with van der Waals surface area (Å²) >= 11 is 2.32. The number of ether oxygens (including phenoxy) is 2. The van der Waals surface area contributed by atoms with Crippen molar-refractivity contribution in [2.24, 2.45) is 0 Å². The molecule has 26 heavy (non-hydrogen) atoms. The highest BCUT2D eigenvalue weighted by atomic mass is 127. The van der Waals surface area contributed by atoms with Gasteiger partial charge in [0.1, 0.15) is 11.3 Å². The standard InChI is InChI=1S/C21H30INO3/c1-15(14-22)12-18-17(13-16-10-8-7-9-11-16)23(21(5,6)25-18)19(24)26-20(2,3)4/h7-11,17-18H,1,12-14H2,2-6H3/t17-,18-/m0/s1. The number of alkyl halides is 1. The van der Waals surface area contributed by atoms with Crippen LogP contribution in [-0.2, 0) is 15.9 Å². The van der Waals surface area contributed by atoms with E-state index < -0.39 is 11.3 Å². The van der Waals surface area contributed by atoms with Crippen LogP contribution in [0.1, 0.15) is 46.6 Å². The van der Waals surface area contributed by atoms with E-state index in [0.29, 0.717) is 0 Å². The third-order valence-corrected chi connectivity index (χ3v) is 5.42. The average Bonchev–Trinajstić information content (AvgIpc) is 2.76. The normalized spacial score (nSPS) is 22.3. The summed E-state index contributed by atoms with van der Waals surface area (Å²) in [6.45, 7) is 13.7. The lowest BCUT2D eigenvalue weighted by molar-refractivity contribution is -0.0783. The highest BCUT2D eigenvalue weighted by molar-refractivity contribution is 14.1. The van der Waals surface area contributed by atoms with Crippen LogP contribution in [0.4, 0.5) is 4.79 Å². The van der Waals surface area contributed by atoms with Crippen LogP contribution in [0.25, 0.3) is 0 Å². The second kappa shape index (κ2) is 8.30. The molecular weight excluding hydrogens is 441 g/mol. The molecule has 0 N–H and O–H groups in total. The molecule has 1 aliphatic heterocycles. The maximum Gasteiger partial charge on any atom is 0.412 e. The van der Waals surface area contributed by atoms with E-state index in [0.717, 1.165) is 22.8 Å². The zero-order valence-electron chi connectivity index (χ0n) is 16.4. The molecule has 0 aliphatic carbocycles. The molecule has 1 aliphatic rings. The molecule has 0 saturated carbocycles. The Balaban J connectivity index is 2.33. The smallest absolute Gasteiger partial charge is 0.412 e. The van der Waals surface area contributed by atoms with Crippen LogP contribution in [-0.4, -0.2) is 38.9 Å². The number of rotatable bonds is 5. The van der Waals surface area contributed by atoms with Gasteiger partial charge in [0.2, 0.25) is 0 Å². The average molecular weight is 471 g/mol. The van der Waals surface area contributed by atoms with E-state index in [2.05, 4.69) is 41.3 Å². The Morgan fingerprint density at radius 1 is 1.31 bits per heavy atom. The second-order valence-electron chi connectivity index (χ2n) is 8.30. The van der Waals surface area contributed by atoms with E-state index in [1.807, 2.05) is 52.8 Å². The summed E-state index contributed by atoms with van der Waals surface area (Å²) in [7, 11) is 0. The van der Waals surface area contributed by atoms with Crippen molar-refractivity contribution in [1.29, 1.82) is 0 Å². The third kappa shape index (κ3) is 5.46. The molecule has 0 bridgehead atoms. The molecule has 1 heterocycles. The summed E-state index contributed by atoms with van der Waals surface area (Å²) in [4.78, 5) is 14.8. The van der Waals surface area contributed by atoms with Crippen molar-refractivity contribution < 1.29 is 14.3 Å². The van der Waals surface area contributed by atoms with E-state index in [9.17, 15) is 4.79 Å². The molecule has 0 aromatic heterocycles. The van der Waals surface area contributed by atoms with Crippen molar-refractivity contribution in [3.8, 4) is 0 Å². The minimum absolute atomic E-state index is 0.0954. The van der Waals surface area contributed by atoms with Gasteiger partial charge in [-0.05, 0) is 53.0 Å². The van der Waals surface area contributed by atoms with Crippen LogP contribution in [0.3, 0.4) is 0 Å². The van der Waals surface area contributed by atoms with Gasteiger partial charge in [-0.1, -0.05) is 65.1 Å². The second-order valence-corrected chi connectivity index (χ2v) is 9.06. The minimum atomic E-state index is -0.724. The zero-order valence-corrected chi connectivity index (χ0v) is 18.6. The van der Waals surface area contributed by atoms with Crippen molar-refractivity contribution >= 4 is 28.7 Å². The first-order valence-electron chi connectivity index (χ1n) is 9.00. The van der Waals surface area contributed by atoms with Crippen LogP contribution in [0.15, 0.2) is 42.5 Å². The molecule has 0 unspecified atom stereocenters. The fourth-order valence-corrected chi connectivity index (χ4v) is 3.64. The fourth-order valence-electron chi connectivity index (χ4n) is 3.33. The number of carbonyl (C=O) groups is 1. The van der Waals surface area contributed by atoms with Crippen LogP contribution in [0, 0.1) is 0 Å². The van der Waals surface area contributed by atoms with E-state index in [-0.39, 0.29) is 18.2 Å². The van der Waals surface area contributed by atoms with Gasteiger partial charge in [0.25, 0.3) is 0 Å². The topological polar surface area (TPSA) is 38.8 Å². The number of nitrogens with zero attached hydrogens (tertiary/aromatic N) is 1. The summed E-state index contributed by atoms with van der Waals surface area (Å²) in [6.07, 6.45) is 1.04. The monoisotopic (exact) mass is 471 g/mol. The fraction of sp³-hybridized carbons (Fsp3) is 0.571. The van der Waals surface area contributed by atoms with Crippen molar-refractivity contribution in [2.75, 3.05) is 4.43 Å². The van der Waals surface area contributed by atoms with Crippen molar-refractivity contribution in [3.63, 3.8) is 0 Å². The number of hydrogen-bond donors (Lipinski definition) is 0. The Bertz CT molecular complexity index is 636. The van der Waals surface area contributed by atoms with Gasteiger partial charge in [-0.3, -0.25) is 4.90 Å². The molecule has 1 saturated heterocycles. The summed E-state index contributed by atoms with van der Waals surface area (Å²) in [6, 6.07) is 10.1. The first kappa shape index (κ1) is 21.2. The molecule has 4 nitrogen and oxygen atoms in total. The van der Waals surface area contributed by atoms with Crippen LogP contribution in [0.2, 0.25) is 0 Å². The van der Waals surface area contributed by atoms with Crippen molar-refractivity contribution in [3.05, 3.63) is 48.0 Å². The Hall–Kier alpha value is -1.08. The molecule has 1 aromatic rings. The highest BCUT2D eigenvalue weighted by Crippen LogP contribution is 2.37. The Morgan fingerprint density at radius 2 is 1.92 bits per heavy atom. The minimum Gasteiger partial charge on any atom is -0.444 e. The third-order valence-electron chi connectivity index (χ3n) is 4.34. The first-order chi connectivity index (χ1) is 12.0. The van der Waals surface area contributed by atoms with Crippen LogP contribution < -0.4 is 0 Å². The molecule has 2 rings (SSSR count). The molecule has 1 fully saturated rings. The maximum absolute atomic E-state index is 13.0. The van der Waals surface area contributed by atoms with E-state index >= 15 is 0 Å². The van der Waals surface area contributed by atoms with Gasteiger partial charge in [-0.15, -0.1) is 0 Å². The number of hydrogen-bond acceptors (Lipinski definition) is 3. The molecular formula is C21H30INO3. The largest absolute Gasteiger partial charge is 0.444 e. The van der Waals surface area contributed by atoms with Gasteiger partial charge in [0.15, 0.2) is 0 Å². The van der Waals surface area contributed by atoms with Gasteiger partial charge in [-0.25, -0.2) is 4.79 Å². The van der Waals surface area contributed by atoms with Crippen LogP contribution in [0.5, 0.6) is 0 Å². The Morgan fingerprint density at radius 3 is 2.46 bits per heavy atom. The van der Waals surface area contributed by atoms with Gasteiger partial charge < -0.3 is 9.47 Å². The SMILES string of the molecule is C=C(CI)C[C@@H]1OC(C)(C)N(C(=O)OC(C)(C)C)[C@H]1Cc1ccccc1. The summed E-state index contributed by atoms with van der Waals surface area (Å²) in [5.74, 6) is 0. The molecule has 144 valence electrons. The summed E-state index contributed by atoms with van der Waals surface area (Å²) in [5.41, 5.74) is 1.03. The van der Waals surface area contributed by atoms with Gasteiger partial charge >= 0.3 is 6.09 Å². The van der Waals surface area contributed by atoms with Gasteiger partial charge in [0.05, 0.1) is 12.1 Å². The Kier molecular flexibility index (Phi) is 6.77. The molecule has 0 radical (unpaired) electrons. The highest BCUT2D eigenvalue weighted by Gasteiger charge is 2.50. The quantitative estimate of drug-likeness (QED) is 0.330. The number of amides is 1. The number of halogens is 1. The maximum atomic E-state index is 13.0. The number of carbonyl (C=O) groups excluding carboxylic acids is 1. The first-order valence-corrected chi connectivity index (χ1v) is 10.5. The lowest BCUT2D eigenvalue weighted by Crippen LogP contribution is -2.51. The van der Waals surface area contributed by atoms with E-state index in [1.165, 1.54) is 5.56 Å². The molecule has 1 amide bonds. The molecule has 2 atom stereocenters. The lowest BCUT2D eigenvalue weighted by Gasteiger charge is -2.35. The predicted molar refractivity (Wildman–Crippen MR) is 114 cm³/mol. The summed E-state index contributed by atoms with van der Waals surface area (Å²) in [5, 5.41) is 0. The molecule has 5 heteroatoms.